The molecule has 0 amide bonds. The zero-order valence-electron chi connectivity index (χ0n) is 10.3. The van der Waals surface area contributed by atoms with E-state index in [9.17, 15) is 4.79 Å². The highest BCUT2D eigenvalue weighted by Gasteiger charge is 2.06. The molecule has 0 aliphatic rings. The van der Waals surface area contributed by atoms with Gasteiger partial charge in [-0.3, -0.25) is 4.79 Å². The van der Waals surface area contributed by atoms with Crippen LogP contribution < -0.4 is 4.74 Å². The summed E-state index contributed by atoms with van der Waals surface area (Å²) in [5.74, 6) is 1.26. The number of carbonyl (C=O) groups excluding carboxylic acids is 1. The Labute approximate surface area is 121 Å². The molecule has 2 aromatic rings. The molecule has 2 nitrogen and oxygen atoms in total. The third-order valence-electron chi connectivity index (χ3n) is 2.60. The number of ketones is 1. The van der Waals surface area contributed by atoms with Gasteiger partial charge in [0.2, 0.25) is 0 Å². The van der Waals surface area contributed by atoms with E-state index < -0.39 is 0 Å². The summed E-state index contributed by atoms with van der Waals surface area (Å²) in [5, 5.41) is 0.906. The number of carbonyl (C=O) groups is 1. The van der Waals surface area contributed by atoms with Crippen LogP contribution in [0.2, 0.25) is 10.0 Å². The summed E-state index contributed by atoms with van der Waals surface area (Å²) in [4.78, 5) is 11.6. The fourth-order valence-corrected chi connectivity index (χ4v) is 1.90. The molecule has 0 atom stereocenters. The van der Waals surface area contributed by atoms with E-state index in [0.717, 1.165) is 0 Å². The lowest BCUT2D eigenvalue weighted by molar-refractivity contribution is 0.0988. The Morgan fingerprint density at radius 1 is 1.05 bits per heavy atom. The first-order chi connectivity index (χ1) is 9.10. The second-order valence-electron chi connectivity index (χ2n) is 3.98. The van der Waals surface area contributed by atoms with Gasteiger partial charge in [0.25, 0.3) is 0 Å². The highest BCUT2D eigenvalue weighted by Crippen LogP contribution is 2.29. The standard InChI is InChI=1S/C15H12Cl2O2/c1-2-15(18)10-4-3-5-11(8-10)19-12-6-7-13(16)14(17)9-12/h3-9H,2H2,1H3. The molecule has 2 rings (SSSR count). The quantitative estimate of drug-likeness (QED) is 0.708. The van der Waals surface area contributed by atoms with Gasteiger partial charge in [0.05, 0.1) is 10.0 Å². The molecule has 4 heteroatoms. The topological polar surface area (TPSA) is 26.3 Å². The molecule has 0 bridgehead atoms. The average Bonchev–Trinajstić information content (AvgIpc) is 2.42. The average molecular weight is 295 g/mol. The highest BCUT2D eigenvalue weighted by atomic mass is 35.5. The molecule has 0 saturated heterocycles. The van der Waals surface area contributed by atoms with Gasteiger partial charge >= 0.3 is 0 Å². The maximum Gasteiger partial charge on any atom is 0.162 e. The SMILES string of the molecule is CCC(=O)c1cccc(Oc2ccc(Cl)c(Cl)c2)c1. The Bertz CT molecular complexity index is 609. The Morgan fingerprint density at radius 3 is 2.47 bits per heavy atom. The summed E-state index contributed by atoms with van der Waals surface area (Å²) < 4.78 is 5.65. The maximum absolute atomic E-state index is 11.6. The Morgan fingerprint density at radius 2 is 1.79 bits per heavy atom. The summed E-state index contributed by atoms with van der Waals surface area (Å²) >= 11 is 11.8. The first-order valence-corrected chi connectivity index (χ1v) is 6.62. The minimum atomic E-state index is 0.0830. The zero-order valence-corrected chi connectivity index (χ0v) is 11.8. The smallest absolute Gasteiger partial charge is 0.162 e. The summed E-state index contributed by atoms with van der Waals surface area (Å²) in [6, 6.07) is 12.1. The number of Topliss-reactive ketones (excluding diaryl/α,β-unsaturated/α-hetero) is 1. The van der Waals surface area contributed by atoms with Gasteiger partial charge in [0.15, 0.2) is 5.78 Å². The molecule has 0 aliphatic carbocycles. The van der Waals surface area contributed by atoms with Crippen molar-refractivity contribution in [3.05, 3.63) is 58.1 Å². The van der Waals surface area contributed by atoms with Gasteiger partial charge in [-0.15, -0.1) is 0 Å². The van der Waals surface area contributed by atoms with Gasteiger partial charge < -0.3 is 4.74 Å². The van der Waals surface area contributed by atoms with Gasteiger partial charge in [-0.25, -0.2) is 0 Å². The Hall–Kier alpha value is -1.51. The van der Waals surface area contributed by atoms with Crippen LogP contribution in [0, 0.1) is 0 Å². The van der Waals surface area contributed by atoms with Crippen LogP contribution in [0.1, 0.15) is 23.7 Å². The van der Waals surface area contributed by atoms with E-state index in [-0.39, 0.29) is 5.78 Å². The molecular formula is C15H12Cl2O2. The van der Waals surface area contributed by atoms with Gasteiger partial charge in [-0.2, -0.15) is 0 Å². The molecule has 0 radical (unpaired) electrons. The molecule has 0 unspecified atom stereocenters. The predicted molar refractivity (Wildman–Crippen MR) is 77.6 cm³/mol. The zero-order chi connectivity index (χ0) is 13.8. The molecule has 98 valence electrons. The molecule has 0 saturated carbocycles. The molecular weight excluding hydrogens is 283 g/mol. The Kier molecular flexibility index (Phi) is 4.46. The minimum Gasteiger partial charge on any atom is -0.457 e. The van der Waals surface area contributed by atoms with Crippen LogP contribution in [0.4, 0.5) is 0 Å². The van der Waals surface area contributed by atoms with Gasteiger partial charge in [0, 0.05) is 18.1 Å². The van der Waals surface area contributed by atoms with Crippen molar-refractivity contribution in [1.82, 2.24) is 0 Å². The fraction of sp³-hybridized carbons (Fsp3) is 0.133. The lowest BCUT2D eigenvalue weighted by atomic mass is 10.1. The van der Waals surface area contributed by atoms with E-state index in [1.165, 1.54) is 0 Å². The van der Waals surface area contributed by atoms with Crippen LogP contribution in [-0.4, -0.2) is 5.78 Å². The van der Waals surface area contributed by atoms with Crippen molar-refractivity contribution >= 4 is 29.0 Å². The van der Waals surface area contributed by atoms with Gasteiger partial charge in [-0.05, 0) is 24.3 Å². The van der Waals surface area contributed by atoms with E-state index in [4.69, 9.17) is 27.9 Å². The molecule has 0 fully saturated rings. The van der Waals surface area contributed by atoms with Crippen LogP contribution in [0.5, 0.6) is 11.5 Å². The van der Waals surface area contributed by atoms with Crippen molar-refractivity contribution in [2.75, 3.05) is 0 Å². The Balaban J connectivity index is 2.23. The van der Waals surface area contributed by atoms with Crippen molar-refractivity contribution in [2.45, 2.75) is 13.3 Å². The van der Waals surface area contributed by atoms with E-state index in [2.05, 4.69) is 0 Å². The minimum absolute atomic E-state index is 0.0830. The van der Waals surface area contributed by atoms with Crippen LogP contribution >= 0.6 is 23.2 Å². The molecule has 0 aromatic heterocycles. The van der Waals surface area contributed by atoms with Crippen LogP contribution in [-0.2, 0) is 0 Å². The molecule has 0 heterocycles. The van der Waals surface area contributed by atoms with E-state index in [0.29, 0.717) is 33.5 Å². The second kappa shape index (κ2) is 6.09. The predicted octanol–water partition coefficient (Wildman–Crippen LogP) is 5.38. The number of rotatable bonds is 4. The first kappa shape index (κ1) is 13.9. The number of halogens is 2. The van der Waals surface area contributed by atoms with Crippen molar-refractivity contribution < 1.29 is 9.53 Å². The number of hydrogen-bond acceptors (Lipinski definition) is 2. The van der Waals surface area contributed by atoms with E-state index in [1.54, 1.807) is 42.5 Å². The maximum atomic E-state index is 11.6. The fourth-order valence-electron chi connectivity index (χ4n) is 1.61. The number of ether oxygens (including phenoxy) is 1. The van der Waals surface area contributed by atoms with Crippen molar-refractivity contribution in [3.8, 4) is 11.5 Å². The third kappa shape index (κ3) is 3.49. The van der Waals surface area contributed by atoms with E-state index in [1.807, 2.05) is 6.92 Å². The van der Waals surface area contributed by atoms with Gasteiger partial charge in [-0.1, -0.05) is 42.3 Å². The van der Waals surface area contributed by atoms with Crippen LogP contribution in [0.25, 0.3) is 0 Å². The molecule has 0 N–H and O–H groups in total. The van der Waals surface area contributed by atoms with Crippen LogP contribution in [0.3, 0.4) is 0 Å². The van der Waals surface area contributed by atoms with E-state index >= 15 is 0 Å². The number of hydrogen-bond donors (Lipinski definition) is 0. The molecule has 19 heavy (non-hydrogen) atoms. The van der Waals surface area contributed by atoms with Crippen molar-refractivity contribution in [1.29, 1.82) is 0 Å². The highest BCUT2D eigenvalue weighted by molar-refractivity contribution is 6.42. The summed E-state index contributed by atoms with van der Waals surface area (Å²) in [6.45, 7) is 1.83. The lowest BCUT2D eigenvalue weighted by Gasteiger charge is -2.08. The molecule has 0 spiro atoms. The molecule has 0 aliphatic heterocycles. The molecule has 2 aromatic carbocycles. The lowest BCUT2D eigenvalue weighted by Crippen LogP contribution is -1.96. The summed E-state index contributed by atoms with van der Waals surface area (Å²) in [6.07, 6.45) is 0.468. The first-order valence-electron chi connectivity index (χ1n) is 5.86. The summed E-state index contributed by atoms with van der Waals surface area (Å²) in [7, 11) is 0. The second-order valence-corrected chi connectivity index (χ2v) is 4.80. The summed E-state index contributed by atoms with van der Waals surface area (Å²) in [5.41, 5.74) is 0.639. The van der Waals surface area contributed by atoms with Gasteiger partial charge in [0.1, 0.15) is 11.5 Å². The van der Waals surface area contributed by atoms with Crippen molar-refractivity contribution in [3.63, 3.8) is 0 Å². The normalized spacial score (nSPS) is 10.3. The number of benzene rings is 2. The monoisotopic (exact) mass is 294 g/mol. The van der Waals surface area contributed by atoms with Crippen LogP contribution in [0.15, 0.2) is 42.5 Å². The van der Waals surface area contributed by atoms with Crippen molar-refractivity contribution in [2.24, 2.45) is 0 Å². The largest absolute Gasteiger partial charge is 0.457 e. The third-order valence-corrected chi connectivity index (χ3v) is 3.34.